The van der Waals surface area contributed by atoms with Crippen LogP contribution >= 0.6 is 11.6 Å². The van der Waals surface area contributed by atoms with Crippen molar-refractivity contribution in [1.82, 2.24) is 10.2 Å². The van der Waals surface area contributed by atoms with E-state index in [0.717, 1.165) is 6.07 Å². The molecule has 0 N–H and O–H groups in total. The van der Waals surface area contributed by atoms with E-state index in [2.05, 4.69) is 14.6 Å². The zero-order chi connectivity index (χ0) is 12.6. The number of halogens is 3. The van der Waals surface area contributed by atoms with Crippen molar-refractivity contribution in [3.63, 3.8) is 0 Å². The van der Waals surface area contributed by atoms with Gasteiger partial charge in [0.2, 0.25) is 5.82 Å². The van der Waals surface area contributed by atoms with Gasteiger partial charge in [-0.3, -0.25) is 10.1 Å². The van der Waals surface area contributed by atoms with Crippen molar-refractivity contribution >= 4 is 17.3 Å². The van der Waals surface area contributed by atoms with Gasteiger partial charge in [-0.05, 0) is 17.7 Å². The molecule has 0 bridgehead atoms. The van der Waals surface area contributed by atoms with Crippen molar-refractivity contribution in [3.8, 4) is 11.5 Å². The van der Waals surface area contributed by atoms with Crippen molar-refractivity contribution in [1.29, 1.82) is 0 Å². The van der Waals surface area contributed by atoms with Crippen LogP contribution in [-0.4, -0.2) is 15.1 Å². The van der Waals surface area contributed by atoms with Crippen molar-refractivity contribution in [2.75, 3.05) is 0 Å². The maximum Gasteiger partial charge on any atom is 0.313 e. The Kier molecular flexibility index (Phi) is 2.72. The molecule has 0 amide bonds. The van der Waals surface area contributed by atoms with E-state index in [1.807, 2.05) is 0 Å². The van der Waals surface area contributed by atoms with E-state index in [9.17, 15) is 18.9 Å². The Morgan fingerprint density at radius 1 is 1.35 bits per heavy atom. The zero-order valence-electron chi connectivity index (χ0n) is 7.85. The molecule has 0 radical (unpaired) electrons. The molecule has 0 spiro atoms. The second kappa shape index (κ2) is 4.06. The maximum absolute atomic E-state index is 13.6. The Labute approximate surface area is 97.0 Å². The Hall–Kier alpha value is -2.09. The normalized spacial score (nSPS) is 10.5. The van der Waals surface area contributed by atoms with Crippen molar-refractivity contribution in [3.05, 3.63) is 39.2 Å². The molecule has 1 aromatic heterocycles. The van der Waals surface area contributed by atoms with E-state index >= 15 is 0 Å². The molecule has 0 aliphatic heterocycles. The summed E-state index contributed by atoms with van der Waals surface area (Å²) in [6.45, 7) is 0. The van der Waals surface area contributed by atoms with E-state index in [0.29, 0.717) is 6.07 Å². The minimum Gasteiger partial charge on any atom is -0.407 e. The van der Waals surface area contributed by atoms with Crippen LogP contribution in [0.4, 0.5) is 14.5 Å². The van der Waals surface area contributed by atoms with Crippen LogP contribution in [0.15, 0.2) is 16.5 Å². The summed E-state index contributed by atoms with van der Waals surface area (Å²) >= 11 is 5.30. The zero-order valence-corrected chi connectivity index (χ0v) is 8.61. The molecule has 1 heterocycles. The summed E-state index contributed by atoms with van der Waals surface area (Å²) in [5, 5.41) is 16.5. The summed E-state index contributed by atoms with van der Waals surface area (Å²) in [5.41, 5.74) is -1.67. The molecule has 17 heavy (non-hydrogen) atoms. The van der Waals surface area contributed by atoms with Crippen molar-refractivity contribution in [2.45, 2.75) is 0 Å². The molecule has 0 saturated carbocycles. The van der Waals surface area contributed by atoms with Gasteiger partial charge in [0.05, 0.1) is 4.92 Å². The SMILES string of the molecule is O=[N+]([O-])c1ccc(F)c(-c2nnc(Cl)o2)c1F. The van der Waals surface area contributed by atoms with Gasteiger partial charge in [0, 0.05) is 6.07 Å². The molecule has 2 aromatic rings. The lowest BCUT2D eigenvalue weighted by Gasteiger charge is -2.00. The molecule has 2 rings (SSSR count). The van der Waals surface area contributed by atoms with Crippen LogP contribution in [0.25, 0.3) is 11.5 Å². The number of hydrogen-bond donors (Lipinski definition) is 0. The van der Waals surface area contributed by atoms with Crippen LogP contribution in [0.5, 0.6) is 0 Å². The number of nitro benzene ring substituents is 1. The van der Waals surface area contributed by atoms with Crippen LogP contribution in [0, 0.1) is 21.7 Å². The largest absolute Gasteiger partial charge is 0.407 e. The van der Waals surface area contributed by atoms with Crippen LogP contribution in [0.1, 0.15) is 0 Å². The van der Waals surface area contributed by atoms with Gasteiger partial charge >= 0.3 is 11.0 Å². The third-order valence-corrected chi connectivity index (χ3v) is 2.03. The Balaban J connectivity index is 2.68. The molecule has 0 aliphatic carbocycles. The third-order valence-electron chi connectivity index (χ3n) is 1.88. The summed E-state index contributed by atoms with van der Waals surface area (Å²) < 4.78 is 31.6. The monoisotopic (exact) mass is 261 g/mol. The minimum absolute atomic E-state index is 0.426. The van der Waals surface area contributed by atoms with Crippen LogP contribution in [0.2, 0.25) is 5.35 Å². The number of nitro groups is 1. The molecular formula is C8H2ClF2N3O3. The van der Waals surface area contributed by atoms with Gasteiger partial charge < -0.3 is 4.42 Å². The summed E-state index contributed by atoms with van der Waals surface area (Å²) in [6, 6.07) is 1.43. The van der Waals surface area contributed by atoms with E-state index in [1.165, 1.54) is 0 Å². The molecule has 9 heteroatoms. The average Bonchev–Trinajstić information content (AvgIpc) is 2.64. The van der Waals surface area contributed by atoms with Crippen molar-refractivity contribution in [2.24, 2.45) is 0 Å². The number of hydrogen-bond acceptors (Lipinski definition) is 5. The lowest BCUT2D eigenvalue weighted by molar-refractivity contribution is -0.387. The molecule has 0 atom stereocenters. The first-order chi connectivity index (χ1) is 8.00. The third kappa shape index (κ3) is 1.94. The van der Waals surface area contributed by atoms with Gasteiger partial charge in [0.25, 0.3) is 5.89 Å². The minimum atomic E-state index is -1.39. The first-order valence-electron chi connectivity index (χ1n) is 4.12. The number of benzene rings is 1. The molecule has 0 unspecified atom stereocenters. The lowest BCUT2D eigenvalue weighted by Crippen LogP contribution is -1.97. The Morgan fingerprint density at radius 3 is 2.59 bits per heavy atom. The van der Waals surface area contributed by atoms with E-state index in [-0.39, 0.29) is 0 Å². The van der Waals surface area contributed by atoms with Crippen molar-refractivity contribution < 1.29 is 18.1 Å². The first kappa shape index (κ1) is 11.4. The second-order valence-electron chi connectivity index (χ2n) is 2.87. The molecule has 88 valence electrons. The fourth-order valence-corrected chi connectivity index (χ4v) is 1.30. The molecule has 0 aliphatic rings. The van der Waals surface area contributed by atoms with Gasteiger partial charge in [-0.15, -0.1) is 5.10 Å². The first-order valence-corrected chi connectivity index (χ1v) is 4.50. The van der Waals surface area contributed by atoms with Gasteiger partial charge in [0.1, 0.15) is 11.4 Å². The highest BCUT2D eigenvalue weighted by atomic mass is 35.5. The van der Waals surface area contributed by atoms with Crippen LogP contribution in [0.3, 0.4) is 0 Å². The molecule has 6 nitrogen and oxygen atoms in total. The Morgan fingerprint density at radius 2 is 2.06 bits per heavy atom. The summed E-state index contributed by atoms with van der Waals surface area (Å²) in [4.78, 5) is 9.48. The number of rotatable bonds is 2. The summed E-state index contributed by atoms with van der Waals surface area (Å²) in [6.07, 6.45) is 0. The predicted octanol–water partition coefficient (Wildman–Crippen LogP) is 2.58. The lowest BCUT2D eigenvalue weighted by atomic mass is 10.1. The quantitative estimate of drug-likeness (QED) is 0.613. The highest BCUT2D eigenvalue weighted by molar-refractivity contribution is 6.27. The summed E-state index contributed by atoms with van der Waals surface area (Å²) in [5.74, 6) is -3.02. The smallest absolute Gasteiger partial charge is 0.313 e. The van der Waals surface area contributed by atoms with E-state index < -0.39 is 39.0 Å². The fourth-order valence-electron chi connectivity index (χ4n) is 1.18. The topological polar surface area (TPSA) is 82.1 Å². The van der Waals surface area contributed by atoms with Gasteiger partial charge in [-0.2, -0.15) is 4.39 Å². The van der Waals surface area contributed by atoms with Crippen LogP contribution < -0.4 is 0 Å². The highest BCUT2D eigenvalue weighted by Gasteiger charge is 2.25. The number of nitrogens with zero attached hydrogens (tertiary/aromatic N) is 3. The molecule has 0 fully saturated rings. The van der Waals surface area contributed by atoms with Gasteiger partial charge in [-0.1, -0.05) is 5.10 Å². The van der Waals surface area contributed by atoms with E-state index in [1.54, 1.807) is 0 Å². The Bertz CT molecular complexity index is 602. The summed E-state index contributed by atoms with van der Waals surface area (Å²) in [7, 11) is 0. The van der Waals surface area contributed by atoms with Gasteiger partial charge in [0.15, 0.2) is 0 Å². The van der Waals surface area contributed by atoms with Crippen LogP contribution in [-0.2, 0) is 0 Å². The standard InChI is InChI=1S/C8H2ClF2N3O3/c9-8-13-12-7(17-8)5-3(10)1-2-4(6(5)11)14(15)16/h1-2H. The predicted molar refractivity (Wildman–Crippen MR) is 51.3 cm³/mol. The van der Waals surface area contributed by atoms with Gasteiger partial charge in [-0.25, -0.2) is 4.39 Å². The molecule has 0 saturated heterocycles. The number of aromatic nitrogens is 2. The second-order valence-corrected chi connectivity index (χ2v) is 3.20. The average molecular weight is 262 g/mol. The fraction of sp³-hybridized carbons (Fsp3) is 0. The maximum atomic E-state index is 13.6. The molecule has 1 aromatic carbocycles. The highest BCUT2D eigenvalue weighted by Crippen LogP contribution is 2.31. The van der Waals surface area contributed by atoms with E-state index in [4.69, 9.17) is 11.6 Å². The molecular weight excluding hydrogens is 260 g/mol.